The fourth-order valence-corrected chi connectivity index (χ4v) is 4.27. The summed E-state index contributed by atoms with van der Waals surface area (Å²) >= 11 is 0. The Morgan fingerprint density at radius 2 is 2.00 bits per heavy atom. The van der Waals surface area contributed by atoms with Crippen molar-refractivity contribution in [1.29, 1.82) is 0 Å². The van der Waals surface area contributed by atoms with E-state index < -0.39 is 11.7 Å². The molecule has 3 aromatic rings. The van der Waals surface area contributed by atoms with E-state index in [1.807, 2.05) is 18.2 Å². The van der Waals surface area contributed by atoms with Gasteiger partial charge in [-0.3, -0.25) is 4.90 Å². The van der Waals surface area contributed by atoms with Crippen molar-refractivity contribution in [3.8, 4) is 11.5 Å². The minimum Gasteiger partial charge on any atom is -0.497 e. The number of piperidine rings is 1. The summed E-state index contributed by atoms with van der Waals surface area (Å²) in [7, 11) is 3.21. The van der Waals surface area contributed by atoms with Crippen LogP contribution >= 0.6 is 0 Å². The van der Waals surface area contributed by atoms with E-state index in [1.165, 1.54) is 6.92 Å². The first-order chi connectivity index (χ1) is 14.8. The third-order valence-electron chi connectivity index (χ3n) is 5.68. The number of aryl methyl sites for hydroxylation is 1. The highest BCUT2D eigenvalue weighted by molar-refractivity contribution is 5.81. The molecule has 4 rings (SSSR count). The molecule has 0 unspecified atom stereocenters. The fourth-order valence-electron chi connectivity index (χ4n) is 4.27. The summed E-state index contributed by atoms with van der Waals surface area (Å²) in [5, 5.41) is 4.00. The number of halogens is 3. The Labute approximate surface area is 177 Å². The van der Waals surface area contributed by atoms with Gasteiger partial charge < -0.3 is 14.0 Å². The van der Waals surface area contributed by atoms with E-state index in [9.17, 15) is 13.2 Å². The van der Waals surface area contributed by atoms with Crippen molar-refractivity contribution in [2.24, 2.45) is 0 Å². The Morgan fingerprint density at radius 1 is 1.19 bits per heavy atom. The van der Waals surface area contributed by atoms with Gasteiger partial charge in [-0.25, -0.2) is 4.98 Å². The number of rotatable bonds is 5. The van der Waals surface area contributed by atoms with Crippen LogP contribution in [0.4, 0.5) is 13.2 Å². The highest BCUT2D eigenvalue weighted by Crippen LogP contribution is 2.40. The van der Waals surface area contributed by atoms with Crippen LogP contribution in [0.3, 0.4) is 0 Å². The molecule has 6 nitrogen and oxygen atoms in total. The number of methoxy groups -OCH3 is 2. The van der Waals surface area contributed by atoms with Gasteiger partial charge >= 0.3 is 6.18 Å². The predicted octanol–water partition coefficient (Wildman–Crippen LogP) is 4.95. The smallest absolute Gasteiger partial charge is 0.417 e. The minimum atomic E-state index is -4.51. The summed E-state index contributed by atoms with van der Waals surface area (Å²) in [5.74, 6) is 1.29. The lowest BCUT2D eigenvalue weighted by atomic mass is 9.91. The molecule has 9 heteroatoms. The van der Waals surface area contributed by atoms with E-state index >= 15 is 0 Å². The number of alkyl halides is 3. The molecule has 1 aliphatic rings. The largest absolute Gasteiger partial charge is 0.497 e. The molecule has 31 heavy (non-hydrogen) atoms. The van der Waals surface area contributed by atoms with Crippen molar-refractivity contribution in [2.75, 3.05) is 27.3 Å². The van der Waals surface area contributed by atoms with Crippen LogP contribution < -0.4 is 9.47 Å². The maximum Gasteiger partial charge on any atom is 0.417 e. The molecule has 0 bridgehead atoms. The number of ether oxygens (including phenoxy) is 2. The van der Waals surface area contributed by atoms with Crippen molar-refractivity contribution in [1.82, 2.24) is 15.0 Å². The van der Waals surface area contributed by atoms with E-state index in [1.54, 1.807) is 14.2 Å². The number of hydrogen-bond donors (Lipinski definition) is 0. The zero-order valence-corrected chi connectivity index (χ0v) is 17.6. The van der Waals surface area contributed by atoms with E-state index in [0.29, 0.717) is 18.8 Å². The molecular weight excluding hydrogens is 411 g/mol. The molecule has 1 saturated heterocycles. The van der Waals surface area contributed by atoms with Crippen molar-refractivity contribution < 1.29 is 27.2 Å². The number of aromatic nitrogens is 2. The summed E-state index contributed by atoms with van der Waals surface area (Å²) in [4.78, 5) is 6.32. The lowest BCUT2D eigenvalue weighted by Crippen LogP contribution is -2.34. The van der Waals surface area contributed by atoms with Gasteiger partial charge in [0.15, 0.2) is 0 Å². The maximum atomic E-state index is 13.7. The molecular formula is C22H24F3N3O3. The molecule has 0 amide bonds. The van der Waals surface area contributed by atoms with Gasteiger partial charge in [-0.1, -0.05) is 5.16 Å². The molecule has 0 radical (unpaired) electrons. The van der Waals surface area contributed by atoms with Crippen molar-refractivity contribution in [3.05, 3.63) is 46.8 Å². The van der Waals surface area contributed by atoms with Crippen molar-refractivity contribution in [3.63, 3.8) is 0 Å². The molecule has 0 N–H and O–H groups in total. The van der Waals surface area contributed by atoms with Gasteiger partial charge in [-0.15, -0.1) is 0 Å². The monoisotopic (exact) mass is 435 g/mol. The summed E-state index contributed by atoms with van der Waals surface area (Å²) in [6, 6.07) is 6.66. The number of fused-ring (bicyclic) bond motifs is 1. The van der Waals surface area contributed by atoms with Crippen LogP contribution in [0.2, 0.25) is 0 Å². The molecule has 1 aromatic carbocycles. The third kappa shape index (κ3) is 4.32. The second-order valence-electron chi connectivity index (χ2n) is 7.81. The Morgan fingerprint density at radius 3 is 2.71 bits per heavy atom. The van der Waals surface area contributed by atoms with E-state index in [4.69, 9.17) is 14.0 Å². The second kappa shape index (κ2) is 8.37. The third-order valence-corrected chi connectivity index (χ3v) is 5.68. The van der Waals surface area contributed by atoms with E-state index in [2.05, 4.69) is 15.0 Å². The number of pyridine rings is 1. The highest BCUT2D eigenvalue weighted by Gasteiger charge is 2.37. The first-order valence-corrected chi connectivity index (χ1v) is 10.1. The van der Waals surface area contributed by atoms with E-state index in [-0.39, 0.29) is 22.7 Å². The number of nitrogens with zero attached hydrogens (tertiary/aromatic N) is 3. The average molecular weight is 435 g/mol. The molecule has 0 aliphatic carbocycles. The lowest BCUT2D eigenvalue weighted by molar-refractivity contribution is -0.136. The second-order valence-corrected chi connectivity index (χ2v) is 7.81. The highest BCUT2D eigenvalue weighted by atomic mass is 19.4. The van der Waals surface area contributed by atoms with Gasteiger partial charge in [0.25, 0.3) is 5.71 Å². The summed E-state index contributed by atoms with van der Waals surface area (Å²) in [5.41, 5.74) is 0.739. The topological polar surface area (TPSA) is 60.6 Å². The Hall–Kier alpha value is -2.81. The van der Waals surface area contributed by atoms with Gasteiger partial charge in [0.1, 0.15) is 11.5 Å². The average Bonchev–Trinajstić information content (AvgIpc) is 3.16. The fraction of sp³-hybridized carbons (Fsp3) is 0.455. The molecule has 2 aromatic heterocycles. The van der Waals surface area contributed by atoms with Crippen molar-refractivity contribution >= 4 is 11.1 Å². The van der Waals surface area contributed by atoms with E-state index in [0.717, 1.165) is 42.5 Å². The maximum absolute atomic E-state index is 13.7. The summed E-state index contributed by atoms with van der Waals surface area (Å²) < 4.78 is 57.1. The van der Waals surface area contributed by atoms with Crippen LogP contribution in [0, 0.1) is 6.92 Å². The first kappa shape index (κ1) is 21.4. The molecule has 0 spiro atoms. The van der Waals surface area contributed by atoms with Crippen LogP contribution in [0.15, 0.2) is 28.8 Å². The van der Waals surface area contributed by atoms with Gasteiger partial charge in [-0.05, 0) is 50.6 Å². The van der Waals surface area contributed by atoms with Gasteiger partial charge in [0.2, 0.25) is 0 Å². The zero-order valence-electron chi connectivity index (χ0n) is 17.6. The standard InChI is InChI=1S/C22H24F3N3O3/c1-13-9-17(22(23,24)25)19-20(27-31-21(19)26-13)14-5-4-8-28(11-14)12-15-10-16(29-2)6-7-18(15)30-3/h6-7,9-10,14H,4-5,8,11-12H2,1-3H3/t14-/m1/s1. The van der Waals surface area contributed by atoms with Crippen molar-refractivity contribution in [2.45, 2.75) is 38.4 Å². The van der Waals surface area contributed by atoms with Crippen LogP contribution in [-0.4, -0.2) is 42.3 Å². The summed E-state index contributed by atoms with van der Waals surface area (Å²) in [6.07, 6.45) is -2.93. The molecule has 166 valence electrons. The van der Waals surface area contributed by atoms with Crippen LogP contribution in [0.1, 0.15) is 41.3 Å². The van der Waals surface area contributed by atoms with Gasteiger partial charge in [0.05, 0.1) is 30.9 Å². The molecule has 0 saturated carbocycles. The van der Waals surface area contributed by atoms with Crippen LogP contribution in [0.25, 0.3) is 11.1 Å². The SMILES string of the molecule is COc1ccc(OC)c(CN2CCC[C@@H](c3noc4nc(C)cc(C(F)(F)F)c34)C2)c1. The minimum absolute atomic E-state index is 0.0242. The Bertz CT molecular complexity index is 1080. The zero-order chi connectivity index (χ0) is 22.2. The number of hydrogen-bond acceptors (Lipinski definition) is 6. The summed E-state index contributed by atoms with van der Waals surface area (Å²) in [6.45, 7) is 3.50. The van der Waals surface area contributed by atoms with Gasteiger partial charge in [0, 0.05) is 30.3 Å². The Kier molecular flexibility index (Phi) is 5.79. The number of benzene rings is 1. The Balaban J connectivity index is 1.64. The quantitative estimate of drug-likeness (QED) is 0.565. The molecule has 3 heterocycles. The molecule has 1 aliphatic heterocycles. The number of likely N-dealkylation sites (tertiary alicyclic amines) is 1. The first-order valence-electron chi connectivity index (χ1n) is 10.1. The lowest BCUT2D eigenvalue weighted by Gasteiger charge is -2.32. The molecule has 1 fully saturated rings. The molecule has 1 atom stereocenters. The normalized spacial score (nSPS) is 17.8. The predicted molar refractivity (Wildman–Crippen MR) is 108 cm³/mol. The van der Waals surface area contributed by atoms with Crippen LogP contribution in [0.5, 0.6) is 11.5 Å². The van der Waals surface area contributed by atoms with Gasteiger partial charge in [-0.2, -0.15) is 13.2 Å². The van der Waals surface area contributed by atoms with Crippen LogP contribution in [-0.2, 0) is 12.7 Å².